The molecule has 3 aliphatic heterocycles. The Morgan fingerprint density at radius 1 is 1.17 bits per heavy atom. The summed E-state index contributed by atoms with van der Waals surface area (Å²) in [7, 11) is 0. The molecule has 3 heterocycles. The molecule has 126 valence electrons. The van der Waals surface area contributed by atoms with Gasteiger partial charge in [-0.3, -0.25) is 0 Å². The van der Waals surface area contributed by atoms with Crippen molar-refractivity contribution >= 4 is 28.0 Å². The van der Waals surface area contributed by atoms with Crippen molar-refractivity contribution in [2.24, 2.45) is 0 Å². The Hall–Kier alpha value is -1.92. The number of anilines is 1. The minimum Gasteiger partial charge on any atom is -0.419 e. The van der Waals surface area contributed by atoms with E-state index in [4.69, 9.17) is 14.1 Å². The van der Waals surface area contributed by atoms with Crippen LogP contribution in [0.15, 0.2) is 28.7 Å². The van der Waals surface area contributed by atoms with Gasteiger partial charge in [0.05, 0.1) is 13.2 Å². The molecule has 0 atom stereocenters. The molecule has 0 aromatic heterocycles. The smallest absolute Gasteiger partial charge is 0.382 e. The van der Waals surface area contributed by atoms with Gasteiger partial charge in [-0.25, -0.2) is 4.58 Å². The number of hydrogen-bond acceptors (Lipinski definition) is 5. The number of nitrogens with zero attached hydrogens (tertiary/aromatic N) is 3. The Labute approximate surface area is 145 Å². The number of ether oxygens (including phenoxy) is 1. The quantitative estimate of drug-likeness (QED) is 0.685. The molecule has 0 saturated carbocycles. The second-order valence-corrected chi connectivity index (χ2v) is 6.92. The summed E-state index contributed by atoms with van der Waals surface area (Å²) in [6, 6.07) is 8.61. The van der Waals surface area contributed by atoms with Crippen LogP contribution in [0, 0.1) is 0 Å². The molecule has 0 spiro atoms. The molecule has 1 aromatic carbocycles. The maximum Gasteiger partial charge on any atom is 0.382 e. The van der Waals surface area contributed by atoms with Crippen molar-refractivity contribution in [3.8, 4) is 10.8 Å². The molecule has 0 bridgehead atoms. The Morgan fingerprint density at radius 2 is 1.96 bits per heavy atom. The molecule has 0 amide bonds. The van der Waals surface area contributed by atoms with Gasteiger partial charge in [0.15, 0.2) is 0 Å². The lowest BCUT2D eigenvalue weighted by molar-refractivity contribution is 0.0965. The summed E-state index contributed by atoms with van der Waals surface area (Å²) in [5.41, 5.74) is 2.09. The average molecular weight is 344 g/mol. The van der Waals surface area contributed by atoms with Gasteiger partial charge in [0.25, 0.3) is 0 Å². The zero-order chi connectivity index (χ0) is 16.5. The summed E-state index contributed by atoms with van der Waals surface area (Å²) in [6.45, 7) is 9.64. The fourth-order valence-electron chi connectivity index (χ4n) is 3.12. The molecule has 0 aliphatic carbocycles. The third kappa shape index (κ3) is 2.80. The van der Waals surface area contributed by atoms with Crippen LogP contribution in [0.3, 0.4) is 0 Å². The molecule has 6 heteroatoms. The number of fused-ring (bicyclic) bond motifs is 2. The number of rotatable bonds is 3. The molecule has 0 unspecified atom stereocenters. The molecule has 1 fully saturated rings. The number of benzene rings is 1. The molecular weight excluding hydrogens is 322 g/mol. The van der Waals surface area contributed by atoms with Gasteiger partial charge in [-0.05, 0) is 43.4 Å². The van der Waals surface area contributed by atoms with Crippen molar-refractivity contribution < 1.29 is 9.15 Å². The zero-order valence-electron chi connectivity index (χ0n) is 14.1. The summed E-state index contributed by atoms with van der Waals surface area (Å²) < 4.78 is 13.8. The minimum atomic E-state index is 0.727. The van der Waals surface area contributed by atoms with Gasteiger partial charge >= 0.3 is 10.7 Å². The number of morpholine rings is 1. The first-order valence-corrected chi connectivity index (χ1v) is 9.35. The molecule has 24 heavy (non-hydrogen) atoms. The van der Waals surface area contributed by atoms with E-state index in [0.717, 1.165) is 65.9 Å². The van der Waals surface area contributed by atoms with Crippen molar-refractivity contribution in [3.63, 3.8) is 0 Å². The summed E-state index contributed by atoms with van der Waals surface area (Å²) in [6.07, 6.45) is 0. The first-order valence-electron chi connectivity index (χ1n) is 8.53. The van der Waals surface area contributed by atoms with Gasteiger partial charge in [-0.2, -0.15) is 0 Å². The van der Waals surface area contributed by atoms with Gasteiger partial charge in [0.1, 0.15) is 23.5 Å². The van der Waals surface area contributed by atoms with E-state index in [2.05, 4.69) is 47.6 Å². The van der Waals surface area contributed by atoms with E-state index in [1.54, 1.807) is 11.3 Å². The maximum absolute atomic E-state index is 6.11. The van der Waals surface area contributed by atoms with Gasteiger partial charge in [0.2, 0.25) is 0 Å². The second-order valence-electron chi connectivity index (χ2n) is 5.91. The van der Waals surface area contributed by atoms with Crippen LogP contribution in [0.1, 0.15) is 13.8 Å². The van der Waals surface area contributed by atoms with Crippen LogP contribution >= 0.6 is 11.3 Å². The van der Waals surface area contributed by atoms with Crippen LogP contribution < -0.4 is 14.3 Å². The van der Waals surface area contributed by atoms with Crippen molar-refractivity contribution in [2.45, 2.75) is 13.8 Å². The van der Waals surface area contributed by atoms with Crippen LogP contribution in [0.2, 0.25) is 0 Å². The monoisotopic (exact) mass is 344 g/mol. The molecule has 1 saturated heterocycles. The third-order valence-corrected chi connectivity index (χ3v) is 5.55. The standard InChI is InChI=1S/C18H22N3O2S/c1-3-20(4-2)14-6-5-13-11-16-17(23-15(13)12-14)19-18(24-16)21-7-9-22-10-8-21/h5-6,11-12H,3-4,7-10H2,1-2H3/q+1. The van der Waals surface area contributed by atoms with Crippen molar-refractivity contribution in [1.29, 1.82) is 0 Å². The SMILES string of the molecule is CCN(CC)c1ccc2cc3sc(=[N+]4CCOCC4)nc-3oc2c1. The average Bonchev–Trinajstić information content (AvgIpc) is 3.04. The van der Waals surface area contributed by atoms with E-state index < -0.39 is 0 Å². The minimum absolute atomic E-state index is 0.727. The summed E-state index contributed by atoms with van der Waals surface area (Å²) in [4.78, 5) is 9.15. The predicted molar refractivity (Wildman–Crippen MR) is 97.9 cm³/mol. The number of hydrogen-bond donors (Lipinski definition) is 0. The number of thiazole rings is 1. The van der Waals surface area contributed by atoms with Gasteiger partial charge < -0.3 is 14.1 Å². The Morgan fingerprint density at radius 3 is 2.71 bits per heavy atom. The highest BCUT2D eigenvalue weighted by Gasteiger charge is 2.22. The fraction of sp³-hybridized carbons (Fsp3) is 0.444. The highest BCUT2D eigenvalue weighted by molar-refractivity contribution is 7.12. The molecule has 4 rings (SSSR count). The van der Waals surface area contributed by atoms with Crippen LogP contribution in [-0.2, 0) is 4.74 Å². The molecule has 0 N–H and O–H groups in total. The maximum atomic E-state index is 6.11. The van der Waals surface area contributed by atoms with Crippen LogP contribution in [0.4, 0.5) is 5.69 Å². The Kier molecular flexibility index (Phi) is 4.24. The van der Waals surface area contributed by atoms with E-state index in [-0.39, 0.29) is 0 Å². The Balaban J connectivity index is 1.83. The summed E-state index contributed by atoms with van der Waals surface area (Å²) in [5, 5.41) is 1.12. The summed E-state index contributed by atoms with van der Waals surface area (Å²) in [5.74, 6) is 0.727. The third-order valence-electron chi connectivity index (χ3n) is 4.51. The normalized spacial score (nSPS) is 15.3. The van der Waals surface area contributed by atoms with Crippen LogP contribution in [0.25, 0.3) is 21.7 Å². The van der Waals surface area contributed by atoms with E-state index in [1.165, 1.54) is 5.69 Å². The first kappa shape index (κ1) is 15.6. The summed E-state index contributed by atoms with van der Waals surface area (Å²) >= 11 is 1.69. The lowest BCUT2D eigenvalue weighted by Gasteiger charge is -2.20. The van der Waals surface area contributed by atoms with E-state index in [0.29, 0.717) is 0 Å². The fourth-order valence-corrected chi connectivity index (χ4v) is 4.12. The largest absolute Gasteiger partial charge is 0.419 e. The lowest BCUT2D eigenvalue weighted by Crippen LogP contribution is -2.39. The lowest BCUT2D eigenvalue weighted by atomic mass is 10.2. The predicted octanol–water partition coefficient (Wildman–Crippen LogP) is 2.64. The van der Waals surface area contributed by atoms with E-state index in [9.17, 15) is 0 Å². The van der Waals surface area contributed by atoms with Crippen molar-refractivity contribution in [1.82, 2.24) is 9.56 Å². The van der Waals surface area contributed by atoms with Crippen LogP contribution in [-0.4, -0.2) is 44.4 Å². The molecule has 0 radical (unpaired) electrons. The van der Waals surface area contributed by atoms with E-state index in [1.807, 2.05) is 0 Å². The molecule has 3 aliphatic rings. The Bertz CT molecular complexity index is 887. The van der Waals surface area contributed by atoms with Crippen molar-refractivity contribution in [3.05, 3.63) is 29.1 Å². The molecule has 5 nitrogen and oxygen atoms in total. The van der Waals surface area contributed by atoms with Gasteiger partial charge in [0, 0.05) is 35.2 Å². The number of aromatic nitrogens is 1. The zero-order valence-corrected chi connectivity index (χ0v) is 14.9. The highest BCUT2D eigenvalue weighted by Crippen LogP contribution is 2.30. The first-order chi connectivity index (χ1) is 11.8. The van der Waals surface area contributed by atoms with Crippen molar-refractivity contribution in [2.75, 3.05) is 44.3 Å². The van der Waals surface area contributed by atoms with Gasteiger partial charge in [-0.15, -0.1) is 0 Å². The molecule has 1 aromatic rings. The van der Waals surface area contributed by atoms with Crippen LogP contribution in [0.5, 0.6) is 0 Å². The highest BCUT2D eigenvalue weighted by atomic mass is 32.1. The molecular formula is C18H22N3O2S+. The second kappa shape index (κ2) is 6.53. The van der Waals surface area contributed by atoms with E-state index >= 15 is 0 Å². The topological polar surface area (TPSA) is 41.5 Å². The van der Waals surface area contributed by atoms with Gasteiger partial charge in [-0.1, -0.05) is 0 Å².